The number of esters is 1. The van der Waals surface area contributed by atoms with Crippen molar-refractivity contribution in [2.24, 2.45) is 0 Å². The van der Waals surface area contributed by atoms with Crippen LogP contribution in [0.2, 0.25) is 0 Å². The van der Waals surface area contributed by atoms with Crippen molar-refractivity contribution in [3.63, 3.8) is 0 Å². The van der Waals surface area contributed by atoms with Crippen LogP contribution in [-0.4, -0.2) is 46.4 Å². The molecular weight excluding hydrogens is 326 g/mol. The van der Waals surface area contributed by atoms with Crippen LogP contribution in [0.15, 0.2) is 28.7 Å². The second-order valence-corrected chi connectivity index (χ2v) is 6.89. The maximum absolute atomic E-state index is 12.7. The normalized spacial score (nSPS) is 21.3. The number of carbonyl (C=O) groups is 2. The summed E-state index contributed by atoms with van der Waals surface area (Å²) in [6.45, 7) is 8.80. The Bertz CT molecular complexity index is 671. The second-order valence-electron chi connectivity index (χ2n) is 6.89. The maximum atomic E-state index is 12.7. The van der Waals surface area contributed by atoms with E-state index in [1.165, 1.54) is 11.0 Å². The lowest BCUT2D eigenvalue weighted by atomic mass is 9.90. The standard InChI is InChI=1S/C18H25NO6/c1-6-23-15(21)18(14(20)13-9-8-12(2)24-13)10-7-11-19(18)16(22)25-17(3,4)5/h7-10,14,20H,6,11H2,1-5H3/t14-,18-/m0/s1. The molecule has 1 N–H and O–H groups in total. The van der Waals surface area contributed by atoms with E-state index in [9.17, 15) is 14.7 Å². The van der Waals surface area contributed by atoms with E-state index in [2.05, 4.69) is 0 Å². The van der Waals surface area contributed by atoms with Crippen LogP contribution in [-0.2, 0) is 14.3 Å². The van der Waals surface area contributed by atoms with Crippen molar-refractivity contribution in [2.75, 3.05) is 13.2 Å². The fourth-order valence-electron chi connectivity index (χ4n) is 2.71. The molecule has 0 saturated heterocycles. The van der Waals surface area contributed by atoms with E-state index in [-0.39, 0.29) is 18.9 Å². The largest absolute Gasteiger partial charge is 0.464 e. The number of amides is 1. The summed E-state index contributed by atoms with van der Waals surface area (Å²) in [5.74, 6) is 0.0145. The Morgan fingerprint density at radius 3 is 2.60 bits per heavy atom. The highest BCUT2D eigenvalue weighted by Gasteiger charge is 2.56. The lowest BCUT2D eigenvalue weighted by Gasteiger charge is -2.38. The van der Waals surface area contributed by atoms with Crippen LogP contribution in [0.5, 0.6) is 0 Å². The summed E-state index contributed by atoms with van der Waals surface area (Å²) in [5, 5.41) is 10.9. The molecule has 0 aliphatic carbocycles. The predicted molar refractivity (Wildman–Crippen MR) is 89.8 cm³/mol. The molecule has 1 aliphatic heterocycles. The number of ether oxygens (including phenoxy) is 2. The Kier molecular flexibility index (Phi) is 5.27. The summed E-state index contributed by atoms with van der Waals surface area (Å²) in [7, 11) is 0. The molecular formula is C18H25NO6. The van der Waals surface area contributed by atoms with Gasteiger partial charge in [-0.3, -0.25) is 4.90 Å². The van der Waals surface area contributed by atoms with E-state index in [4.69, 9.17) is 13.9 Å². The van der Waals surface area contributed by atoms with E-state index in [0.717, 1.165) is 0 Å². The minimum absolute atomic E-state index is 0.112. The minimum atomic E-state index is -1.73. The van der Waals surface area contributed by atoms with Crippen LogP contribution in [0.4, 0.5) is 4.79 Å². The second kappa shape index (κ2) is 6.92. The molecule has 2 heterocycles. The molecule has 1 aromatic rings. The summed E-state index contributed by atoms with van der Waals surface area (Å²) in [4.78, 5) is 26.6. The van der Waals surface area contributed by atoms with Crippen LogP contribution < -0.4 is 0 Å². The van der Waals surface area contributed by atoms with Gasteiger partial charge in [0.1, 0.15) is 23.2 Å². The zero-order valence-electron chi connectivity index (χ0n) is 15.2. The van der Waals surface area contributed by atoms with Gasteiger partial charge < -0.3 is 19.0 Å². The van der Waals surface area contributed by atoms with Crippen molar-refractivity contribution < 1.29 is 28.6 Å². The van der Waals surface area contributed by atoms with Crippen molar-refractivity contribution in [2.45, 2.75) is 51.9 Å². The molecule has 0 unspecified atom stereocenters. The summed E-state index contributed by atoms with van der Waals surface area (Å²) < 4.78 is 16.0. The van der Waals surface area contributed by atoms with Gasteiger partial charge in [-0.05, 0) is 52.8 Å². The first-order chi connectivity index (χ1) is 11.6. The third-order valence-corrected chi connectivity index (χ3v) is 3.77. The first-order valence-corrected chi connectivity index (χ1v) is 8.21. The van der Waals surface area contributed by atoms with Gasteiger partial charge >= 0.3 is 12.1 Å². The van der Waals surface area contributed by atoms with Crippen LogP contribution in [0.3, 0.4) is 0 Å². The zero-order chi connectivity index (χ0) is 18.8. The van der Waals surface area contributed by atoms with Crippen LogP contribution in [0.25, 0.3) is 0 Å². The van der Waals surface area contributed by atoms with Crippen LogP contribution >= 0.6 is 0 Å². The maximum Gasteiger partial charge on any atom is 0.411 e. The molecule has 0 saturated carbocycles. The number of nitrogens with zero attached hydrogens (tertiary/aromatic N) is 1. The van der Waals surface area contributed by atoms with Crippen molar-refractivity contribution >= 4 is 12.1 Å². The first-order valence-electron chi connectivity index (χ1n) is 8.21. The Morgan fingerprint density at radius 1 is 1.40 bits per heavy atom. The Labute approximate surface area is 147 Å². The molecule has 1 amide bonds. The quantitative estimate of drug-likeness (QED) is 0.663. The van der Waals surface area contributed by atoms with Gasteiger partial charge in [0, 0.05) is 6.54 Å². The highest BCUT2D eigenvalue weighted by molar-refractivity contribution is 5.90. The molecule has 0 fully saturated rings. The fourth-order valence-corrected chi connectivity index (χ4v) is 2.71. The van der Waals surface area contributed by atoms with Gasteiger partial charge in [0.15, 0.2) is 5.54 Å². The van der Waals surface area contributed by atoms with E-state index in [1.54, 1.807) is 52.8 Å². The van der Waals surface area contributed by atoms with E-state index < -0.39 is 29.3 Å². The zero-order valence-corrected chi connectivity index (χ0v) is 15.2. The molecule has 2 atom stereocenters. The van der Waals surface area contributed by atoms with E-state index in [1.807, 2.05) is 0 Å². The van der Waals surface area contributed by atoms with Gasteiger partial charge in [-0.15, -0.1) is 0 Å². The number of furan rings is 1. The van der Waals surface area contributed by atoms with Gasteiger partial charge in [0.25, 0.3) is 0 Å². The van der Waals surface area contributed by atoms with Crippen LogP contribution in [0.1, 0.15) is 45.3 Å². The molecule has 0 aromatic carbocycles. The van der Waals surface area contributed by atoms with Crippen molar-refractivity contribution in [3.05, 3.63) is 35.8 Å². The van der Waals surface area contributed by atoms with Crippen molar-refractivity contribution in [1.82, 2.24) is 4.90 Å². The number of hydrogen-bond donors (Lipinski definition) is 1. The molecule has 7 heteroatoms. The highest BCUT2D eigenvalue weighted by Crippen LogP contribution is 2.39. The summed E-state index contributed by atoms with van der Waals surface area (Å²) in [6, 6.07) is 3.24. The third-order valence-electron chi connectivity index (χ3n) is 3.77. The number of carbonyl (C=O) groups excluding carboxylic acids is 2. The topological polar surface area (TPSA) is 89.2 Å². The predicted octanol–water partition coefficient (Wildman–Crippen LogP) is 2.73. The van der Waals surface area contributed by atoms with Crippen molar-refractivity contribution in [1.29, 1.82) is 0 Å². The van der Waals surface area contributed by atoms with Crippen LogP contribution in [0, 0.1) is 6.92 Å². The van der Waals surface area contributed by atoms with Crippen molar-refractivity contribution in [3.8, 4) is 0 Å². The molecule has 1 aliphatic rings. The number of aliphatic hydroxyl groups excluding tert-OH is 1. The Hall–Kier alpha value is -2.28. The summed E-state index contributed by atoms with van der Waals surface area (Å²) >= 11 is 0. The molecule has 0 radical (unpaired) electrons. The van der Waals surface area contributed by atoms with Gasteiger partial charge in [0.2, 0.25) is 0 Å². The molecule has 1 aromatic heterocycles. The SMILES string of the molecule is CCOC(=O)[C@@]1([C@@H](O)c2ccc(C)o2)C=CCN1C(=O)OC(C)(C)C. The number of hydrogen-bond acceptors (Lipinski definition) is 6. The van der Waals surface area contributed by atoms with Gasteiger partial charge in [-0.25, -0.2) is 9.59 Å². The summed E-state index contributed by atoms with van der Waals surface area (Å²) in [6.07, 6.45) is 0.955. The third kappa shape index (κ3) is 3.71. The molecule has 2 rings (SSSR count). The van der Waals surface area contributed by atoms with Gasteiger partial charge in [-0.1, -0.05) is 6.08 Å². The molecule has 138 valence electrons. The van der Waals surface area contributed by atoms with Gasteiger partial charge in [-0.2, -0.15) is 0 Å². The monoisotopic (exact) mass is 351 g/mol. The fraction of sp³-hybridized carbons (Fsp3) is 0.556. The minimum Gasteiger partial charge on any atom is -0.464 e. The number of rotatable bonds is 4. The molecule has 7 nitrogen and oxygen atoms in total. The first kappa shape index (κ1) is 19.1. The Balaban J connectivity index is 2.45. The lowest BCUT2D eigenvalue weighted by molar-refractivity contribution is -0.161. The molecule has 0 spiro atoms. The molecule has 0 bridgehead atoms. The average Bonchev–Trinajstić information content (AvgIpc) is 3.12. The number of aliphatic hydroxyl groups is 1. The van der Waals surface area contributed by atoms with E-state index >= 15 is 0 Å². The highest BCUT2D eigenvalue weighted by atomic mass is 16.6. The Morgan fingerprint density at radius 2 is 2.08 bits per heavy atom. The van der Waals surface area contributed by atoms with Gasteiger partial charge in [0.05, 0.1) is 6.61 Å². The lowest BCUT2D eigenvalue weighted by Crippen LogP contribution is -2.58. The average molecular weight is 351 g/mol. The smallest absolute Gasteiger partial charge is 0.411 e. The molecule has 25 heavy (non-hydrogen) atoms. The van der Waals surface area contributed by atoms with E-state index in [0.29, 0.717) is 5.76 Å². The number of aryl methyl sites for hydroxylation is 1. The summed E-state index contributed by atoms with van der Waals surface area (Å²) in [5.41, 5.74) is -2.48.